The van der Waals surface area contributed by atoms with Gasteiger partial charge < -0.3 is 4.90 Å². The topological polar surface area (TPSA) is 57.7 Å². The van der Waals surface area contributed by atoms with Crippen molar-refractivity contribution < 1.29 is 14.4 Å². The number of carbonyl (C=O) groups is 3. The molecule has 4 unspecified atom stereocenters. The number of nitrogens with zero attached hydrogens (tertiary/aromatic N) is 2. The van der Waals surface area contributed by atoms with Gasteiger partial charge in [0.15, 0.2) is 0 Å². The zero-order chi connectivity index (χ0) is 15.9. The summed E-state index contributed by atoms with van der Waals surface area (Å²) in [6.45, 7) is 4.52. The summed E-state index contributed by atoms with van der Waals surface area (Å²) >= 11 is 0. The summed E-state index contributed by atoms with van der Waals surface area (Å²) in [5.74, 6) is -0.626. The molecule has 0 spiro atoms. The third-order valence-corrected chi connectivity index (χ3v) is 5.71. The maximum atomic E-state index is 12.8. The zero-order valence-corrected chi connectivity index (χ0v) is 13.6. The standard InChI is InChI=1S/C17H26N2O3/c1-11-7-5-6-10-18(11)15(20)12(2)19-16(21)13-8-3-4-9-14(13)17(19)22/h11-14H,3-10H2,1-2H3. The summed E-state index contributed by atoms with van der Waals surface area (Å²) in [7, 11) is 0. The third-order valence-electron chi connectivity index (χ3n) is 5.71. The molecule has 0 aromatic rings. The van der Waals surface area contributed by atoms with Gasteiger partial charge in [-0.25, -0.2) is 0 Å². The lowest BCUT2D eigenvalue weighted by Gasteiger charge is -2.36. The van der Waals surface area contributed by atoms with E-state index < -0.39 is 6.04 Å². The van der Waals surface area contributed by atoms with Crippen LogP contribution in [0.3, 0.4) is 0 Å². The number of imide groups is 1. The molecule has 5 nitrogen and oxygen atoms in total. The first-order valence-electron chi connectivity index (χ1n) is 8.69. The SMILES string of the molecule is CC1CCCCN1C(=O)C(C)N1C(=O)C2CCCCC2C1=O. The Bertz CT molecular complexity index is 466. The van der Waals surface area contributed by atoms with Gasteiger partial charge in [0.2, 0.25) is 17.7 Å². The van der Waals surface area contributed by atoms with Crippen LogP contribution in [0.2, 0.25) is 0 Å². The van der Waals surface area contributed by atoms with E-state index in [2.05, 4.69) is 6.92 Å². The number of hydrogen-bond donors (Lipinski definition) is 0. The van der Waals surface area contributed by atoms with Crippen LogP contribution in [0.15, 0.2) is 0 Å². The second-order valence-electron chi connectivity index (χ2n) is 7.10. The third kappa shape index (κ3) is 2.44. The van der Waals surface area contributed by atoms with Crippen molar-refractivity contribution in [3.05, 3.63) is 0 Å². The highest BCUT2D eigenvalue weighted by molar-refractivity contribution is 6.08. The van der Waals surface area contributed by atoms with E-state index >= 15 is 0 Å². The monoisotopic (exact) mass is 306 g/mol. The molecule has 22 heavy (non-hydrogen) atoms. The van der Waals surface area contributed by atoms with E-state index in [1.54, 1.807) is 6.92 Å². The second kappa shape index (κ2) is 6.01. The Kier molecular flexibility index (Phi) is 4.24. The van der Waals surface area contributed by atoms with Gasteiger partial charge in [-0.2, -0.15) is 0 Å². The van der Waals surface area contributed by atoms with E-state index in [4.69, 9.17) is 0 Å². The molecule has 2 saturated heterocycles. The van der Waals surface area contributed by atoms with Crippen molar-refractivity contribution in [3.8, 4) is 0 Å². The van der Waals surface area contributed by atoms with Gasteiger partial charge in [-0.15, -0.1) is 0 Å². The average molecular weight is 306 g/mol. The fourth-order valence-electron chi connectivity index (χ4n) is 4.35. The van der Waals surface area contributed by atoms with E-state index in [1.807, 2.05) is 4.90 Å². The van der Waals surface area contributed by atoms with E-state index in [0.717, 1.165) is 51.5 Å². The van der Waals surface area contributed by atoms with E-state index in [1.165, 1.54) is 4.90 Å². The molecule has 1 aliphatic carbocycles. The van der Waals surface area contributed by atoms with Crippen molar-refractivity contribution in [3.63, 3.8) is 0 Å². The maximum absolute atomic E-state index is 12.8. The van der Waals surface area contributed by atoms with Crippen LogP contribution in [-0.2, 0) is 14.4 Å². The molecule has 3 fully saturated rings. The molecule has 3 amide bonds. The molecule has 5 heteroatoms. The number of likely N-dealkylation sites (tertiary alicyclic amines) is 2. The highest BCUT2D eigenvalue weighted by Gasteiger charge is 2.51. The van der Waals surface area contributed by atoms with Gasteiger partial charge >= 0.3 is 0 Å². The van der Waals surface area contributed by atoms with Gasteiger partial charge in [-0.1, -0.05) is 12.8 Å². The van der Waals surface area contributed by atoms with Gasteiger partial charge in [-0.3, -0.25) is 19.3 Å². The highest BCUT2D eigenvalue weighted by Crippen LogP contribution is 2.39. The number of piperidine rings is 1. The van der Waals surface area contributed by atoms with Crippen molar-refractivity contribution in [1.29, 1.82) is 0 Å². The lowest BCUT2D eigenvalue weighted by atomic mass is 9.81. The maximum Gasteiger partial charge on any atom is 0.245 e. The number of carbonyl (C=O) groups excluding carboxylic acids is 3. The molecule has 2 heterocycles. The van der Waals surface area contributed by atoms with Crippen molar-refractivity contribution in [2.24, 2.45) is 11.8 Å². The van der Waals surface area contributed by atoms with Crippen molar-refractivity contribution in [2.45, 2.75) is 70.9 Å². The summed E-state index contributed by atoms with van der Waals surface area (Å²) in [6, 6.07) is -0.440. The molecule has 0 aromatic carbocycles. The summed E-state index contributed by atoms with van der Waals surface area (Å²) in [6.07, 6.45) is 6.78. The van der Waals surface area contributed by atoms with Crippen LogP contribution in [0.25, 0.3) is 0 Å². The van der Waals surface area contributed by atoms with Crippen LogP contribution in [-0.4, -0.2) is 46.1 Å². The molecule has 0 radical (unpaired) electrons. The quantitative estimate of drug-likeness (QED) is 0.733. The number of amides is 3. The van der Waals surface area contributed by atoms with Gasteiger partial charge in [0.05, 0.1) is 11.8 Å². The molecular weight excluding hydrogens is 280 g/mol. The van der Waals surface area contributed by atoms with E-state index in [0.29, 0.717) is 0 Å². The lowest BCUT2D eigenvalue weighted by Crippen LogP contribution is -2.53. The lowest BCUT2D eigenvalue weighted by molar-refractivity contribution is -0.152. The molecule has 122 valence electrons. The number of fused-ring (bicyclic) bond motifs is 1. The predicted molar refractivity (Wildman–Crippen MR) is 81.8 cm³/mol. The fraction of sp³-hybridized carbons (Fsp3) is 0.824. The molecule has 2 aliphatic heterocycles. The Labute approximate surface area is 132 Å². The van der Waals surface area contributed by atoms with E-state index in [9.17, 15) is 14.4 Å². The first kappa shape index (κ1) is 15.5. The van der Waals surface area contributed by atoms with Gasteiger partial charge in [0.25, 0.3) is 0 Å². The van der Waals surface area contributed by atoms with Crippen molar-refractivity contribution in [1.82, 2.24) is 9.80 Å². The Balaban J connectivity index is 1.76. The normalized spacial score (nSPS) is 33.8. The van der Waals surface area contributed by atoms with Gasteiger partial charge in [0, 0.05) is 12.6 Å². The highest BCUT2D eigenvalue weighted by atomic mass is 16.2. The predicted octanol–water partition coefficient (Wildman–Crippen LogP) is 1.95. The molecule has 3 aliphatic rings. The molecular formula is C17H26N2O3. The Morgan fingerprint density at radius 3 is 2.09 bits per heavy atom. The molecule has 0 bridgehead atoms. The van der Waals surface area contributed by atoms with Gasteiger partial charge in [0.1, 0.15) is 6.04 Å². The first-order valence-corrected chi connectivity index (χ1v) is 8.69. The van der Waals surface area contributed by atoms with Crippen LogP contribution in [0.4, 0.5) is 0 Å². The summed E-state index contributed by atoms with van der Waals surface area (Å²) in [4.78, 5) is 41.1. The molecule has 1 saturated carbocycles. The van der Waals surface area contributed by atoms with Crippen LogP contribution in [0.5, 0.6) is 0 Å². The Morgan fingerprint density at radius 1 is 1.00 bits per heavy atom. The molecule has 0 aromatic heterocycles. The number of hydrogen-bond acceptors (Lipinski definition) is 3. The zero-order valence-electron chi connectivity index (χ0n) is 13.6. The molecule has 4 atom stereocenters. The Morgan fingerprint density at radius 2 is 1.55 bits per heavy atom. The van der Waals surface area contributed by atoms with E-state index in [-0.39, 0.29) is 35.6 Å². The van der Waals surface area contributed by atoms with Crippen LogP contribution in [0, 0.1) is 11.8 Å². The molecule has 0 N–H and O–H groups in total. The van der Waals surface area contributed by atoms with Crippen LogP contribution >= 0.6 is 0 Å². The minimum atomic E-state index is -0.647. The summed E-state index contributed by atoms with van der Waals surface area (Å²) in [5, 5.41) is 0. The fourth-order valence-corrected chi connectivity index (χ4v) is 4.35. The van der Waals surface area contributed by atoms with Crippen molar-refractivity contribution in [2.75, 3.05) is 6.54 Å². The minimum absolute atomic E-state index is 0.0625. The average Bonchev–Trinajstić information content (AvgIpc) is 2.78. The minimum Gasteiger partial charge on any atom is -0.338 e. The summed E-state index contributed by atoms with van der Waals surface area (Å²) < 4.78 is 0. The smallest absolute Gasteiger partial charge is 0.245 e. The number of rotatable bonds is 2. The van der Waals surface area contributed by atoms with Crippen LogP contribution in [0.1, 0.15) is 58.8 Å². The first-order chi connectivity index (χ1) is 10.5. The largest absolute Gasteiger partial charge is 0.338 e. The Hall–Kier alpha value is -1.39. The summed E-state index contributed by atoms with van der Waals surface area (Å²) in [5.41, 5.74) is 0. The van der Waals surface area contributed by atoms with Gasteiger partial charge in [-0.05, 0) is 46.0 Å². The molecule has 3 rings (SSSR count). The second-order valence-corrected chi connectivity index (χ2v) is 7.10. The van der Waals surface area contributed by atoms with Crippen molar-refractivity contribution >= 4 is 17.7 Å². The van der Waals surface area contributed by atoms with Crippen LogP contribution < -0.4 is 0 Å².